The minimum atomic E-state index is 0.713. The Morgan fingerprint density at radius 1 is 1.12 bits per heavy atom. The highest BCUT2D eigenvalue weighted by Crippen LogP contribution is 2.16. The molecule has 0 spiro atoms. The molecule has 0 unspecified atom stereocenters. The minimum Gasteiger partial charge on any atom is -0.0885 e. The Kier molecular flexibility index (Phi) is 2.13. The van der Waals surface area contributed by atoms with Gasteiger partial charge in [0, 0.05) is 0 Å². The molecule has 1 radical (unpaired) electrons. The summed E-state index contributed by atoms with van der Waals surface area (Å²) in [7, 11) is 0. The Balaban J connectivity index is 2.28. The second-order valence-corrected chi connectivity index (χ2v) is 2.49. The average molecular weight is 109 g/mol. The summed E-state index contributed by atoms with van der Waals surface area (Å²) in [6, 6.07) is 0. The monoisotopic (exact) mass is 109 g/mol. The molecule has 0 aromatic heterocycles. The van der Waals surface area contributed by atoms with Crippen LogP contribution in [-0.4, -0.2) is 0 Å². The average Bonchev–Trinajstić information content (AvgIpc) is 1.94. The van der Waals surface area contributed by atoms with Gasteiger partial charge in [0.2, 0.25) is 0 Å². The molecule has 0 fully saturated rings. The van der Waals surface area contributed by atoms with E-state index >= 15 is 0 Å². The van der Waals surface area contributed by atoms with Crippen LogP contribution in [0.15, 0.2) is 12.2 Å². The summed E-state index contributed by atoms with van der Waals surface area (Å²) in [6.07, 6.45) is 9.60. The quantitative estimate of drug-likeness (QED) is 0.419. The van der Waals surface area contributed by atoms with E-state index in [1.165, 1.54) is 25.7 Å². The highest BCUT2D eigenvalue weighted by molar-refractivity contribution is 4.87. The van der Waals surface area contributed by atoms with Crippen LogP contribution in [0.5, 0.6) is 0 Å². The Labute approximate surface area is 51.6 Å². The maximum atomic E-state index is 4.02. The third-order valence-corrected chi connectivity index (χ3v) is 1.65. The van der Waals surface area contributed by atoms with Gasteiger partial charge in [-0.2, -0.15) is 0 Å². The molecule has 0 aromatic carbocycles. The van der Waals surface area contributed by atoms with E-state index in [9.17, 15) is 0 Å². The highest BCUT2D eigenvalue weighted by atomic mass is 14.1. The van der Waals surface area contributed by atoms with Gasteiger partial charge >= 0.3 is 0 Å². The summed E-state index contributed by atoms with van der Waals surface area (Å²) >= 11 is 0. The maximum Gasteiger partial charge on any atom is -0.0348 e. The maximum absolute atomic E-state index is 4.02. The van der Waals surface area contributed by atoms with Crippen LogP contribution in [0.3, 0.4) is 0 Å². The van der Waals surface area contributed by atoms with Crippen LogP contribution in [0.4, 0.5) is 0 Å². The van der Waals surface area contributed by atoms with E-state index in [2.05, 4.69) is 19.1 Å². The van der Waals surface area contributed by atoms with Crippen LogP contribution in [-0.2, 0) is 0 Å². The van der Waals surface area contributed by atoms with Crippen molar-refractivity contribution < 1.29 is 0 Å². The second kappa shape index (κ2) is 2.91. The van der Waals surface area contributed by atoms with Crippen molar-refractivity contribution in [2.75, 3.05) is 0 Å². The Bertz CT molecular complexity index is 72.0. The molecular formula is C8H13. The molecule has 0 bridgehead atoms. The van der Waals surface area contributed by atoms with E-state index in [1.54, 1.807) is 0 Å². The largest absolute Gasteiger partial charge is 0.0885 e. The second-order valence-electron chi connectivity index (χ2n) is 2.49. The smallest absolute Gasteiger partial charge is 0.0348 e. The molecule has 0 N–H and O–H groups in total. The van der Waals surface area contributed by atoms with Gasteiger partial charge in [-0.25, -0.2) is 0 Å². The van der Waals surface area contributed by atoms with E-state index in [1.807, 2.05) is 0 Å². The van der Waals surface area contributed by atoms with Crippen LogP contribution in [0.2, 0.25) is 0 Å². The van der Waals surface area contributed by atoms with Gasteiger partial charge in [0.05, 0.1) is 0 Å². The standard InChI is InChI=1S/C8H13/c1-8-6-4-2-3-5-7-8/h2-3,8H,1,4-7H2. The fourth-order valence-corrected chi connectivity index (χ4v) is 1.04. The normalized spacial score (nSPS) is 23.1. The van der Waals surface area contributed by atoms with E-state index in [0.29, 0.717) is 5.92 Å². The van der Waals surface area contributed by atoms with Crippen LogP contribution < -0.4 is 0 Å². The molecule has 8 heavy (non-hydrogen) atoms. The molecule has 0 aromatic rings. The first-order valence-electron chi connectivity index (χ1n) is 3.37. The molecule has 0 nitrogen and oxygen atoms in total. The molecule has 0 heterocycles. The van der Waals surface area contributed by atoms with Gasteiger partial charge in [-0.15, -0.1) is 0 Å². The minimum absolute atomic E-state index is 0.713. The van der Waals surface area contributed by atoms with Gasteiger partial charge in [-0.05, 0) is 31.6 Å². The molecule has 0 heteroatoms. The highest BCUT2D eigenvalue weighted by Gasteiger charge is 2.01. The summed E-state index contributed by atoms with van der Waals surface area (Å²) in [5.74, 6) is 0.713. The first kappa shape index (κ1) is 5.87. The lowest BCUT2D eigenvalue weighted by Gasteiger charge is -2.02. The summed E-state index contributed by atoms with van der Waals surface area (Å²) in [5, 5.41) is 0. The van der Waals surface area contributed by atoms with E-state index < -0.39 is 0 Å². The predicted octanol–water partition coefficient (Wildman–Crippen LogP) is 2.57. The lowest BCUT2D eigenvalue weighted by Crippen LogP contribution is -1.89. The van der Waals surface area contributed by atoms with Crippen molar-refractivity contribution in [2.24, 2.45) is 5.92 Å². The van der Waals surface area contributed by atoms with Crippen molar-refractivity contribution in [3.05, 3.63) is 19.1 Å². The molecule has 0 saturated heterocycles. The van der Waals surface area contributed by atoms with Gasteiger partial charge in [-0.3, -0.25) is 0 Å². The van der Waals surface area contributed by atoms with Crippen molar-refractivity contribution in [1.82, 2.24) is 0 Å². The summed E-state index contributed by atoms with van der Waals surface area (Å²) < 4.78 is 0. The van der Waals surface area contributed by atoms with Gasteiger partial charge in [0.1, 0.15) is 0 Å². The predicted molar refractivity (Wildman–Crippen MR) is 36.5 cm³/mol. The van der Waals surface area contributed by atoms with Crippen molar-refractivity contribution in [3.63, 3.8) is 0 Å². The van der Waals surface area contributed by atoms with E-state index in [0.717, 1.165) is 0 Å². The van der Waals surface area contributed by atoms with Gasteiger partial charge < -0.3 is 0 Å². The Hall–Kier alpha value is -0.260. The Morgan fingerprint density at radius 2 is 1.62 bits per heavy atom. The molecule has 0 amide bonds. The first-order valence-corrected chi connectivity index (χ1v) is 3.37. The molecule has 0 aliphatic heterocycles. The molecule has 1 rings (SSSR count). The SMILES string of the molecule is [CH2]C1CCC=CCC1. The van der Waals surface area contributed by atoms with Crippen LogP contribution in [0.1, 0.15) is 25.7 Å². The molecule has 45 valence electrons. The van der Waals surface area contributed by atoms with Gasteiger partial charge in [0.15, 0.2) is 0 Å². The zero-order chi connectivity index (χ0) is 5.82. The number of rotatable bonds is 0. The van der Waals surface area contributed by atoms with Crippen molar-refractivity contribution in [2.45, 2.75) is 25.7 Å². The fraction of sp³-hybridized carbons (Fsp3) is 0.625. The molecular weight excluding hydrogens is 96.1 g/mol. The van der Waals surface area contributed by atoms with Gasteiger partial charge in [-0.1, -0.05) is 19.1 Å². The number of hydrogen-bond donors (Lipinski definition) is 0. The Morgan fingerprint density at radius 3 is 2.12 bits per heavy atom. The van der Waals surface area contributed by atoms with Crippen molar-refractivity contribution in [3.8, 4) is 0 Å². The summed E-state index contributed by atoms with van der Waals surface area (Å²) in [6.45, 7) is 4.02. The van der Waals surface area contributed by atoms with Crippen LogP contribution in [0.25, 0.3) is 0 Å². The molecule has 1 aliphatic carbocycles. The van der Waals surface area contributed by atoms with Gasteiger partial charge in [0.25, 0.3) is 0 Å². The lowest BCUT2D eigenvalue weighted by atomic mass is 10.0. The molecule has 0 atom stereocenters. The van der Waals surface area contributed by atoms with Crippen molar-refractivity contribution >= 4 is 0 Å². The van der Waals surface area contributed by atoms with Crippen LogP contribution >= 0.6 is 0 Å². The van der Waals surface area contributed by atoms with Crippen LogP contribution in [0, 0.1) is 12.8 Å². The van der Waals surface area contributed by atoms with E-state index in [-0.39, 0.29) is 0 Å². The molecule has 1 aliphatic rings. The van der Waals surface area contributed by atoms with E-state index in [4.69, 9.17) is 0 Å². The number of allylic oxidation sites excluding steroid dienone is 2. The molecule has 0 saturated carbocycles. The zero-order valence-electron chi connectivity index (χ0n) is 5.27. The first-order chi connectivity index (χ1) is 3.89. The summed E-state index contributed by atoms with van der Waals surface area (Å²) in [5.41, 5.74) is 0. The van der Waals surface area contributed by atoms with Crippen molar-refractivity contribution in [1.29, 1.82) is 0 Å². The third-order valence-electron chi connectivity index (χ3n) is 1.65. The topological polar surface area (TPSA) is 0 Å². The number of hydrogen-bond acceptors (Lipinski definition) is 0. The summed E-state index contributed by atoms with van der Waals surface area (Å²) in [4.78, 5) is 0. The third kappa shape index (κ3) is 1.69. The lowest BCUT2D eigenvalue weighted by molar-refractivity contribution is 0.566. The fourth-order valence-electron chi connectivity index (χ4n) is 1.04. The zero-order valence-corrected chi connectivity index (χ0v) is 5.27.